The molecule has 0 saturated heterocycles. The summed E-state index contributed by atoms with van der Waals surface area (Å²) in [4.78, 5) is 19.4. The molecule has 2 N–H and O–H groups in total. The van der Waals surface area contributed by atoms with Crippen molar-refractivity contribution in [1.82, 2.24) is 15.3 Å². The molecule has 1 amide bonds. The van der Waals surface area contributed by atoms with Crippen molar-refractivity contribution in [2.75, 3.05) is 20.3 Å². The van der Waals surface area contributed by atoms with Gasteiger partial charge < -0.3 is 15.0 Å². The van der Waals surface area contributed by atoms with Gasteiger partial charge in [0.2, 0.25) is 5.91 Å². The van der Waals surface area contributed by atoms with Crippen LogP contribution in [-0.4, -0.2) is 36.1 Å². The molecular formula is C14H19N3O2. The van der Waals surface area contributed by atoms with Crippen LogP contribution in [-0.2, 0) is 22.4 Å². The number of nitrogens with zero attached hydrogens (tertiary/aromatic N) is 1. The molecule has 0 saturated carbocycles. The number of H-pyrrole nitrogens is 1. The maximum Gasteiger partial charge on any atom is 0.224 e. The lowest BCUT2D eigenvalue weighted by atomic mass is 10.1. The zero-order valence-corrected chi connectivity index (χ0v) is 11.3. The predicted molar refractivity (Wildman–Crippen MR) is 74.1 cm³/mol. The van der Waals surface area contributed by atoms with Gasteiger partial charge in [0.15, 0.2) is 0 Å². The second-order valence-electron chi connectivity index (χ2n) is 4.41. The number of ether oxygens (including phenoxy) is 1. The first-order valence-corrected chi connectivity index (χ1v) is 6.46. The van der Waals surface area contributed by atoms with Crippen molar-refractivity contribution in [2.45, 2.75) is 19.8 Å². The van der Waals surface area contributed by atoms with Crippen LogP contribution in [0.5, 0.6) is 0 Å². The molecule has 0 fully saturated rings. The Morgan fingerprint density at radius 3 is 3.05 bits per heavy atom. The summed E-state index contributed by atoms with van der Waals surface area (Å²) in [6.07, 6.45) is 1.25. The number of imidazole rings is 1. The van der Waals surface area contributed by atoms with E-state index in [0.29, 0.717) is 19.6 Å². The molecule has 0 unspecified atom stereocenters. The van der Waals surface area contributed by atoms with Gasteiger partial charge in [-0.1, -0.05) is 13.0 Å². The third kappa shape index (κ3) is 3.54. The van der Waals surface area contributed by atoms with Gasteiger partial charge in [-0.15, -0.1) is 0 Å². The molecule has 0 aliphatic carbocycles. The van der Waals surface area contributed by atoms with E-state index in [1.807, 2.05) is 18.2 Å². The van der Waals surface area contributed by atoms with Crippen LogP contribution in [0.1, 0.15) is 18.3 Å². The van der Waals surface area contributed by atoms with Crippen LogP contribution in [0.15, 0.2) is 18.2 Å². The first-order valence-electron chi connectivity index (χ1n) is 6.46. The second-order valence-corrected chi connectivity index (χ2v) is 4.41. The van der Waals surface area contributed by atoms with Crippen molar-refractivity contribution < 1.29 is 9.53 Å². The second kappa shape index (κ2) is 6.33. The number of benzene rings is 1. The van der Waals surface area contributed by atoms with Crippen molar-refractivity contribution in [3.8, 4) is 0 Å². The molecule has 0 aliphatic rings. The topological polar surface area (TPSA) is 67.0 Å². The van der Waals surface area contributed by atoms with Crippen molar-refractivity contribution in [2.24, 2.45) is 0 Å². The lowest BCUT2D eigenvalue weighted by molar-refractivity contribution is -0.120. The largest absolute Gasteiger partial charge is 0.383 e. The summed E-state index contributed by atoms with van der Waals surface area (Å²) in [7, 11) is 1.61. The van der Waals surface area contributed by atoms with E-state index in [0.717, 1.165) is 28.8 Å². The number of hydrogen-bond donors (Lipinski definition) is 2. The highest BCUT2D eigenvalue weighted by molar-refractivity contribution is 5.81. The molecular weight excluding hydrogens is 242 g/mol. The number of carbonyl (C=O) groups excluding carboxylic acids is 1. The van der Waals surface area contributed by atoms with Gasteiger partial charge in [0, 0.05) is 20.1 Å². The minimum absolute atomic E-state index is 0.00614. The number of aromatic amines is 1. The zero-order chi connectivity index (χ0) is 13.7. The highest BCUT2D eigenvalue weighted by atomic mass is 16.5. The van der Waals surface area contributed by atoms with E-state index in [2.05, 4.69) is 22.2 Å². The molecule has 2 rings (SSSR count). The van der Waals surface area contributed by atoms with Gasteiger partial charge in [0.1, 0.15) is 5.82 Å². The Morgan fingerprint density at radius 2 is 2.32 bits per heavy atom. The van der Waals surface area contributed by atoms with Crippen molar-refractivity contribution in [1.29, 1.82) is 0 Å². The standard InChI is InChI=1S/C14H19N3O2/c1-3-13-16-11-5-4-10(8-12(11)17-13)9-14(18)15-6-7-19-2/h4-5,8H,3,6-7,9H2,1-2H3,(H,15,18)(H,16,17). The maximum absolute atomic E-state index is 11.7. The Bertz CT molecular complexity index is 563. The number of aromatic nitrogens is 2. The van der Waals surface area contributed by atoms with E-state index >= 15 is 0 Å². The Balaban J connectivity index is 2.02. The summed E-state index contributed by atoms with van der Waals surface area (Å²) in [6, 6.07) is 5.87. The van der Waals surface area contributed by atoms with Gasteiger partial charge >= 0.3 is 0 Å². The Labute approximate surface area is 112 Å². The van der Waals surface area contributed by atoms with E-state index in [9.17, 15) is 4.79 Å². The summed E-state index contributed by atoms with van der Waals surface area (Å²) in [5.41, 5.74) is 2.91. The molecule has 1 aromatic heterocycles. The van der Waals surface area contributed by atoms with Gasteiger partial charge in [-0.2, -0.15) is 0 Å². The fourth-order valence-corrected chi connectivity index (χ4v) is 1.93. The first-order chi connectivity index (χ1) is 9.22. The van der Waals surface area contributed by atoms with Crippen molar-refractivity contribution in [3.05, 3.63) is 29.6 Å². The van der Waals surface area contributed by atoms with E-state index in [1.165, 1.54) is 0 Å². The molecule has 5 heteroatoms. The summed E-state index contributed by atoms with van der Waals surface area (Å²) in [5, 5.41) is 2.81. The lowest BCUT2D eigenvalue weighted by Gasteiger charge is -2.04. The number of aryl methyl sites for hydroxylation is 1. The third-order valence-corrected chi connectivity index (χ3v) is 2.92. The normalized spacial score (nSPS) is 10.8. The molecule has 19 heavy (non-hydrogen) atoms. The summed E-state index contributed by atoms with van der Waals surface area (Å²) in [5.74, 6) is 0.975. The molecule has 1 heterocycles. The number of carbonyl (C=O) groups is 1. The molecule has 5 nitrogen and oxygen atoms in total. The highest BCUT2D eigenvalue weighted by Crippen LogP contribution is 2.14. The van der Waals surface area contributed by atoms with Crippen molar-refractivity contribution >= 4 is 16.9 Å². The first kappa shape index (κ1) is 13.5. The van der Waals surface area contributed by atoms with Crippen LogP contribution in [0.4, 0.5) is 0 Å². The molecule has 0 atom stereocenters. The number of methoxy groups -OCH3 is 1. The molecule has 0 spiro atoms. The number of hydrogen-bond acceptors (Lipinski definition) is 3. The van der Waals surface area contributed by atoms with Gasteiger partial charge in [0.05, 0.1) is 24.1 Å². The van der Waals surface area contributed by atoms with Crippen LogP contribution < -0.4 is 5.32 Å². The number of fused-ring (bicyclic) bond motifs is 1. The fourth-order valence-electron chi connectivity index (χ4n) is 1.93. The molecule has 0 bridgehead atoms. The molecule has 102 valence electrons. The van der Waals surface area contributed by atoms with Crippen LogP contribution in [0.2, 0.25) is 0 Å². The van der Waals surface area contributed by atoms with E-state index in [-0.39, 0.29) is 5.91 Å². The molecule has 0 aliphatic heterocycles. The Hall–Kier alpha value is -1.88. The summed E-state index contributed by atoms with van der Waals surface area (Å²) >= 11 is 0. The van der Waals surface area contributed by atoms with Gasteiger partial charge in [0.25, 0.3) is 0 Å². The van der Waals surface area contributed by atoms with Crippen LogP contribution in [0, 0.1) is 0 Å². The average molecular weight is 261 g/mol. The predicted octanol–water partition coefficient (Wildman–Crippen LogP) is 1.43. The molecule has 1 aromatic carbocycles. The third-order valence-electron chi connectivity index (χ3n) is 2.92. The van der Waals surface area contributed by atoms with E-state index in [1.54, 1.807) is 7.11 Å². The Morgan fingerprint density at radius 1 is 1.47 bits per heavy atom. The fraction of sp³-hybridized carbons (Fsp3) is 0.429. The quantitative estimate of drug-likeness (QED) is 0.773. The smallest absolute Gasteiger partial charge is 0.224 e. The molecule has 2 aromatic rings. The van der Waals surface area contributed by atoms with Crippen LogP contribution in [0.25, 0.3) is 11.0 Å². The summed E-state index contributed by atoms with van der Waals surface area (Å²) < 4.78 is 4.89. The van der Waals surface area contributed by atoms with Crippen molar-refractivity contribution in [3.63, 3.8) is 0 Å². The van der Waals surface area contributed by atoms with Crippen LogP contribution in [0.3, 0.4) is 0 Å². The SMILES string of the molecule is CCc1nc2ccc(CC(=O)NCCOC)cc2[nH]1. The van der Waals surface area contributed by atoms with Crippen LogP contribution >= 0.6 is 0 Å². The minimum Gasteiger partial charge on any atom is -0.383 e. The van der Waals surface area contributed by atoms with Gasteiger partial charge in [-0.25, -0.2) is 4.98 Å². The number of rotatable bonds is 6. The monoisotopic (exact) mass is 261 g/mol. The van der Waals surface area contributed by atoms with E-state index < -0.39 is 0 Å². The zero-order valence-electron chi connectivity index (χ0n) is 11.3. The number of nitrogens with one attached hydrogen (secondary N) is 2. The number of amides is 1. The maximum atomic E-state index is 11.7. The summed E-state index contributed by atoms with van der Waals surface area (Å²) in [6.45, 7) is 3.13. The lowest BCUT2D eigenvalue weighted by Crippen LogP contribution is -2.28. The van der Waals surface area contributed by atoms with Gasteiger partial charge in [-0.05, 0) is 17.7 Å². The Kier molecular flexibility index (Phi) is 4.52. The molecule has 0 radical (unpaired) electrons. The minimum atomic E-state index is 0.00614. The average Bonchev–Trinajstić information content (AvgIpc) is 2.81. The highest BCUT2D eigenvalue weighted by Gasteiger charge is 2.06. The van der Waals surface area contributed by atoms with Gasteiger partial charge in [-0.3, -0.25) is 4.79 Å². The van der Waals surface area contributed by atoms with E-state index in [4.69, 9.17) is 4.74 Å².